The molecule has 1 heterocycles. The minimum Gasteiger partial charge on any atom is -0.497 e. The zero-order valence-electron chi connectivity index (χ0n) is 16.2. The largest absolute Gasteiger partial charge is 0.497 e. The van der Waals surface area contributed by atoms with Gasteiger partial charge in [-0.05, 0) is 47.8 Å². The van der Waals surface area contributed by atoms with E-state index in [9.17, 15) is 26.4 Å². The predicted octanol–water partition coefficient (Wildman–Crippen LogP) is 4.72. The fourth-order valence-corrected chi connectivity index (χ4v) is 5.76. The molecular weight excluding hydrogens is 451 g/mol. The Morgan fingerprint density at radius 3 is 2.32 bits per heavy atom. The van der Waals surface area contributed by atoms with Crippen LogP contribution < -0.4 is 10.1 Å². The molecule has 3 aromatic rings. The number of carbonyl (C=O) groups excluding carboxylic acids is 1. The van der Waals surface area contributed by atoms with Gasteiger partial charge in [-0.1, -0.05) is 18.2 Å². The van der Waals surface area contributed by atoms with Gasteiger partial charge in [-0.25, -0.2) is 8.42 Å². The van der Waals surface area contributed by atoms with Gasteiger partial charge < -0.3 is 10.1 Å². The number of ether oxygens (including phenoxy) is 1. The van der Waals surface area contributed by atoms with E-state index < -0.39 is 38.3 Å². The maximum Gasteiger partial charge on any atom is 0.417 e. The molecular formula is C21H18F3NO4S2. The average Bonchev–Trinajstić information content (AvgIpc) is 3.27. The predicted molar refractivity (Wildman–Crippen MR) is 111 cm³/mol. The summed E-state index contributed by atoms with van der Waals surface area (Å²) in [5.41, 5.74) is -1.65. The second-order valence-corrected chi connectivity index (χ2v) is 9.59. The third-order valence-electron chi connectivity index (χ3n) is 4.55. The van der Waals surface area contributed by atoms with Crippen LogP contribution in [0.2, 0.25) is 0 Å². The van der Waals surface area contributed by atoms with E-state index in [1.165, 1.54) is 54.8 Å². The fourth-order valence-electron chi connectivity index (χ4n) is 2.98. The van der Waals surface area contributed by atoms with Gasteiger partial charge in [0.25, 0.3) is 5.91 Å². The normalized spacial score (nSPS) is 12.9. The van der Waals surface area contributed by atoms with Gasteiger partial charge in [0, 0.05) is 11.4 Å². The number of carbonyl (C=O) groups is 1. The number of hydrogen-bond acceptors (Lipinski definition) is 5. The molecule has 0 saturated heterocycles. The van der Waals surface area contributed by atoms with Crippen molar-refractivity contribution >= 4 is 27.1 Å². The van der Waals surface area contributed by atoms with Crippen LogP contribution in [0.25, 0.3) is 0 Å². The number of halogens is 3. The van der Waals surface area contributed by atoms with Crippen LogP contribution in [-0.4, -0.2) is 28.0 Å². The number of benzene rings is 2. The summed E-state index contributed by atoms with van der Waals surface area (Å²) in [4.78, 5) is 13.0. The van der Waals surface area contributed by atoms with Crippen LogP contribution in [0, 0.1) is 0 Å². The molecule has 5 nitrogen and oxygen atoms in total. The highest BCUT2D eigenvalue weighted by Crippen LogP contribution is 2.34. The Kier molecular flexibility index (Phi) is 6.71. The first-order chi connectivity index (χ1) is 14.6. The topological polar surface area (TPSA) is 72.5 Å². The van der Waals surface area contributed by atoms with Gasteiger partial charge in [-0.15, -0.1) is 11.3 Å². The van der Waals surface area contributed by atoms with Crippen molar-refractivity contribution in [3.8, 4) is 5.75 Å². The van der Waals surface area contributed by atoms with E-state index in [1.54, 1.807) is 17.5 Å². The Bertz CT molecular complexity index is 1140. The zero-order valence-corrected chi connectivity index (χ0v) is 17.9. The Morgan fingerprint density at radius 1 is 1.06 bits per heavy atom. The summed E-state index contributed by atoms with van der Waals surface area (Å²) in [5, 5.41) is 2.89. The minimum atomic E-state index is -4.71. The van der Waals surface area contributed by atoms with Crippen LogP contribution in [0.3, 0.4) is 0 Å². The van der Waals surface area contributed by atoms with E-state index in [1.807, 2.05) is 0 Å². The van der Waals surface area contributed by atoms with Gasteiger partial charge >= 0.3 is 6.18 Å². The van der Waals surface area contributed by atoms with Gasteiger partial charge in [0.05, 0.1) is 23.1 Å². The van der Waals surface area contributed by atoms with Crippen molar-refractivity contribution in [2.45, 2.75) is 16.3 Å². The van der Waals surface area contributed by atoms with Crippen LogP contribution >= 0.6 is 11.3 Å². The molecule has 0 aliphatic rings. The number of amides is 1. The first-order valence-electron chi connectivity index (χ1n) is 9.00. The molecule has 0 fully saturated rings. The van der Waals surface area contributed by atoms with Gasteiger partial charge in [0.1, 0.15) is 11.0 Å². The molecule has 10 heteroatoms. The molecule has 31 heavy (non-hydrogen) atoms. The molecule has 0 radical (unpaired) electrons. The summed E-state index contributed by atoms with van der Waals surface area (Å²) in [6.07, 6.45) is -4.71. The lowest BCUT2D eigenvalue weighted by Gasteiger charge is -2.19. The maximum atomic E-state index is 13.2. The van der Waals surface area contributed by atoms with Crippen LogP contribution in [0.1, 0.15) is 26.0 Å². The molecule has 1 amide bonds. The fraction of sp³-hybridized carbons (Fsp3) is 0.190. The van der Waals surface area contributed by atoms with Crippen molar-refractivity contribution in [3.05, 3.63) is 82.0 Å². The number of methoxy groups -OCH3 is 1. The third-order valence-corrected chi connectivity index (χ3v) is 7.78. The lowest BCUT2D eigenvalue weighted by Crippen LogP contribution is -2.32. The van der Waals surface area contributed by atoms with E-state index in [4.69, 9.17) is 4.74 Å². The molecule has 0 saturated carbocycles. The Morgan fingerprint density at radius 2 is 1.74 bits per heavy atom. The molecule has 0 bridgehead atoms. The van der Waals surface area contributed by atoms with E-state index in [0.29, 0.717) is 10.6 Å². The standard InChI is InChI=1S/C21H18F3NO4S2/c1-29-14-8-10-15(11-9-14)31(27,28)19(18-7-4-12-30-18)13-25-20(26)16-5-2-3-6-17(16)21(22,23)24/h2-12,19H,13H2,1H3,(H,25,26). The first-order valence-corrected chi connectivity index (χ1v) is 11.4. The molecule has 1 unspecified atom stereocenters. The van der Waals surface area contributed by atoms with Crippen molar-refractivity contribution in [2.24, 2.45) is 0 Å². The zero-order chi connectivity index (χ0) is 22.6. The van der Waals surface area contributed by atoms with Crippen molar-refractivity contribution in [2.75, 3.05) is 13.7 Å². The highest BCUT2D eigenvalue weighted by atomic mass is 32.2. The molecule has 1 aromatic heterocycles. The van der Waals surface area contributed by atoms with Crippen molar-refractivity contribution in [3.63, 3.8) is 0 Å². The van der Waals surface area contributed by atoms with E-state index >= 15 is 0 Å². The van der Waals surface area contributed by atoms with Crippen LogP contribution in [-0.2, 0) is 16.0 Å². The Balaban J connectivity index is 1.89. The second kappa shape index (κ2) is 9.11. The third kappa shape index (κ3) is 5.08. The molecule has 3 rings (SSSR count). The highest BCUT2D eigenvalue weighted by molar-refractivity contribution is 7.91. The first kappa shape index (κ1) is 22.8. The molecule has 2 aromatic carbocycles. The summed E-state index contributed by atoms with van der Waals surface area (Å²) in [6, 6.07) is 13.4. The molecule has 0 aliphatic heterocycles. The molecule has 0 aliphatic carbocycles. The minimum absolute atomic E-state index is 0.0108. The monoisotopic (exact) mass is 469 g/mol. The molecule has 164 valence electrons. The molecule has 0 spiro atoms. The summed E-state index contributed by atoms with van der Waals surface area (Å²) >= 11 is 1.18. The van der Waals surface area contributed by atoms with Crippen molar-refractivity contribution < 1.29 is 31.1 Å². The van der Waals surface area contributed by atoms with Crippen LogP contribution in [0.5, 0.6) is 5.75 Å². The summed E-state index contributed by atoms with van der Waals surface area (Å²) in [5.74, 6) is -0.525. The number of alkyl halides is 3. The highest BCUT2D eigenvalue weighted by Gasteiger charge is 2.36. The number of hydrogen-bond donors (Lipinski definition) is 1. The summed E-state index contributed by atoms with van der Waals surface area (Å²) < 4.78 is 71.2. The van der Waals surface area contributed by atoms with Gasteiger partial charge in [-0.3, -0.25) is 4.79 Å². The van der Waals surface area contributed by atoms with Gasteiger partial charge in [0.2, 0.25) is 0 Å². The van der Waals surface area contributed by atoms with Gasteiger partial charge in [-0.2, -0.15) is 13.2 Å². The Labute approximate surface area is 181 Å². The number of rotatable bonds is 7. The summed E-state index contributed by atoms with van der Waals surface area (Å²) in [6.45, 7) is -0.389. The molecule has 1 atom stereocenters. The smallest absolute Gasteiger partial charge is 0.417 e. The number of nitrogens with one attached hydrogen (secondary N) is 1. The SMILES string of the molecule is COc1ccc(S(=O)(=O)C(CNC(=O)c2ccccc2C(F)(F)F)c2cccs2)cc1. The van der Waals surface area contributed by atoms with Crippen molar-refractivity contribution in [1.82, 2.24) is 5.32 Å². The van der Waals surface area contributed by atoms with E-state index in [-0.39, 0.29) is 11.4 Å². The average molecular weight is 470 g/mol. The maximum absolute atomic E-state index is 13.2. The number of sulfone groups is 1. The lowest BCUT2D eigenvalue weighted by molar-refractivity contribution is -0.137. The second-order valence-electron chi connectivity index (χ2n) is 6.48. The van der Waals surface area contributed by atoms with E-state index in [0.717, 1.165) is 12.1 Å². The quantitative estimate of drug-likeness (QED) is 0.544. The van der Waals surface area contributed by atoms with Crippen LogP contribution in [0.15, 0.2) is 70.9 Å². The van der Waals surface area contributed by atoms with Crippen molar-refractivity contribution in [1.29, 1.82) is 0 Å². The summed E-state index contributed by atoms with van der Waals surface area (Å²) in [7, 11) is -2.50. The number of thiophene rings is 1. The molecule has 1 N–H and O–H groups in total. The van der Waals surface area contributed by atoms with Gasteiger partial charge in [0.15, 0.2) is 9.84 Å². The van der Waals surface area contributed by atoms with E-state index in [2.05, 4.69) is 5.32 Å². The lowest BCUT2D eigenvalue weighted by atomic mass is 10.1. The Hall–Kier alpha value is -2.85. The van der Waals surface area contributed by atoms with Crippen LogP contribution in [0.4, 0.5) is 13.2 Å².